The second-order valence-electron chi connectivity index (χ2n) is 7.03. The molecule has 0 aliphatic carbocycles. The molecule has 1 fully saturated rings. The molecule has 7 heteroatoms. The molecule has 0 unspecified atom stereocenters. The number of rotatable bonds is 1. The highest BCUT2D eigenvalue weighted by Crippen LogP contribution is 2.44. The van der Waals surface area contributed by atoms with Crippen molar-refractivity contribution in [1.82, 2.24) is 24.5 Å². The Kier molecular flexibility index (Phi) is 3.07. The predicted molar refractivity (Wildman–Crippen MR) is 94.9 cm³/mol. The molecule has 2 aliphatic heterocycles. The van der Waals surface area contributed by atoms with Crippen molar-refractivity contribution in [3.8, 4) is 0 Å². The molecule has 3 aromatic heterocycles. The summed E-state index contributed by atoms with van der Waals surface area (Å²) in [5, 5.41) is 5.56. The molecule has 0 spiro atoms. The zero-order valence-corrected chi connectivity index (χ0v) is 15.3. The van der Waals surface area contributed by atoms with E-state index in [1.54, 1.807) is 0 Å². The van der Waals surface area contributed by atoms with Gasteiger partial charge in [-0.3, -0.25) is 4.79 Å². The fourth-order valence-corrected chi connectivity index (χ4v) is 5.22. The van der Waals surface area contributed by atoms with E-state index in [4.69, 9.17) is 0 Å². The molecule has 0 saturated carbocycles. The molecule has 128 valence electrons. The minimum Gasteiger partial charge on any atom is -0.327 e. The number of thiazole rings is 1. The fourth-order valence-electron chi connectivity index (χ4n) is 4.36. The fraction of sp³-hybridized carbons (Fsp3) is 0.444. The minimum atomic E-state index is 0.101. The summed E-state index contributed by atoms with van der Waals surface area (Å²) in [6, 6.07) is 2.34. The molecule has 5 rings (SSSR count). The van der Waals surface area contributed by atoms with E-state index in [2.05, 4.69) is 20.0 Å². The van der Waals surface area contributed by atoms with Crippen molar-refractivity contribution in [3.63, 3.8) is 0 Å². The monoisotopic (exact) mass is 353 g/mol. The van der Waals surface area contributed by atoms with Crippen LogP contribution in [0.15, 0.2) is 12.3 Å². The van der Waals surface area contributed by atoms with Crippen molar-refractivity contribution in [2.24, 2.45) is 0 Å². The summed E-state index contributed by atoms with van der Waals surface area (Å²) in [6.07, 6.45) is 4.81. The van der Waals surface area contributed by atoms with Crippen molar-refractivity contribution in [2.75, 3.05) is 0 Å². The average Bonchev–Trinajstić information content (AvgIpc) is 3.21. The highest BCUT2D eigenvalue weighted by molar-refractivity contribution is 7.13. The van der Waals surface area contributed by atoms with Gasteiger partial charge in [0.2, 0.25) is 0 Å². The lowest BCUT2D eigenvalue weighted by molar-refractivity contribution is 0.0647. The summed E-state index contributed by atoms with van der Waals surface area (Å²) in [4.78, 5) is 25.1. The van der Waals surface area contributed by atoms with Crippen LogP contribution in [0.1, 0.15) is 56.2 Å². The molecule has 0 aromatic carbocycles. The van der Waals surface area contributed by atoms with Gasteiger partial charge in [0.25, 0.3) is 5.91 Å². The molecule has 5 heterocycles. The van der Waals surface area contributed by atoms with E-state index < -0.39 is 0 Å². The predicted octanol–water partition coefficient (Wildman–Crippen LogP) is 3.01. The Bertz CT molecular complexity index is 1020. The number of nitrogens with zero attached hydrogens (tertiary/aromatic N) is 5. The lowest BCUT2D eigenvalue weighted by atomic mass is 9.99. The largest absolute Gasteiger partial charge is 0.327 e. The molecule has 0 radical (unpaired) electrons. The van der Waals surface area contributed by atoms with E-state index in [0.29, 0.717) is 0 Å². The van der Waals surface area contributed by atoms with Gasteiger partial charge in [-0.1, -0.05) is 0 Å². The van der Waals surface area contributed by atoms with Crippen molar-refractivity contribution in [1.29, 1.82) is 0 Å². The van der Waals surface area contributed by atoms with Gasteiger partial charge in [-0.2, -0.15) is 5.10 Å². The Morgan fingerprint density at radius 3 is 2.88 bits per heavy atom. The van der Waals surface area contributed by atoms with Gasteiger partial charge >= 0.3 is 0 Å². The normalized spacial score (nSPS) is 21.8. The van der Waals surface area contributed by atoms with Crippen LogP contribution in [0.5, 0.6) is 0 Å². The number of hydrogen-bond acceptors (Lipinski definition) is 5. The van der Waals surface area contributed by atoms with Gasteiger partial charge in [-0.05, 0) is 33.6 Å². The van der Waals surface area contributed by atoms with Crippen LogP contribution in [0.2, 0.25) is 0 Å². The molecule has 1 saturated heterocycles. The Morgan fingerprint density at radius 2 is 2.12 bits per heavy atom. The molecule has 2 aliphatic rings. The first kappa shape index (κ1) is 15.0. The van der Waals surface area contributed by atoms with Gasteiger partial charge in [0.15, 0.2) is 5.65 Å². The van der Waals surface area contributed by atoms with E-state index in [9.17, 15) is 4.79 Å². The SMILES string of the molecule is Cc1cc2ncc3c(n2n1)C[C@H]1CC[C@@H]3N1C(=O)c1sc(C)nc1C. The van der Waals surface area contributed by atoms with Crippen LogP contribution >= 0.6 is 11.3 Å². The summed E-state index contributed by atoms with van der Waals surface area (Å²) >= 11 is 1.50. The topological polar surface area (TPSA) is 63.4 Å². The Hall–Kier alpha value is -2.28. The van der Waals surface area contributed by atoms with E-state index in [1.807, 2.05) is 37.5 Å². The first-order valence-electron chi connectivity index (χ1n) is 8.64. The molecule has 2 bridgehead atoms. The van der Waals surface area contributed by atoms with Gasteiger partial charge < -0.3 is 4.90 Å². The summed E-state index contributed by atoms with van der Waals surface area (Å²) < 4.78 is 1.97. The highest BCUT2D eigenvalue weighted by Gasteiger charge is 2.44. The van der Waals surface area contributed by atoms with Crippen LogP contribution in [0.4, 0.5) is 0 Å². The first-order valence-corrected chi connectivity index (χ1v) is 9.45. The van der Waals surface area contributed by atoms with E-state index in [1.165, 1.54) is 17.0 Å². The molecular weight excluding hydrogens is 334 g/mol. The maximum Gasteiger partial charge on any atom is 0.266 e. The minimum absolute atomic E-state index is 0.101. The summed E-state index contributed by atoms with van der Waals surface area (Å²) in [5.41, 5.74) is 5.07. The smallest absolute Gasteiger partial charge is 0.266 e. The maximum absolute atomic E-state index is 13.2. The van der Waals surface area contributed by atoms with Crippen LogP contribution in [0, 0.1) is 20.8 Å². The molecule has 6 nitrogen and oxygen atoms in total. The third kappa shape index (κ3) is 2.08. The van der Waals surface area contributed by atoms with Crippen LogP contribution in [-0.2, 0) is 6.42 Å². The lowest BCUT2D eigenvalue weighted by Gasteiger charge is -2.36. The molecular formula is C18H19N5OS. The summed E-state index contributed by atoms with van der Waals surface area (Å²) in [5.74, 6) is 0.123. The average molecular weight is 353 g/mol. The molecule has 3 aromatic rings. The second-order valence-corrected chi connectivity index (χ2v) is 8.23. The zero-order chi connectivity index (χ0) is 17.3. The van der Waals surface area contributed by atoms with E-state index in [0.717, 1.165) is 51.7 Å². The third-order valence-electron chi connectivity index (χ3n) is 5.36. The van der Waals surface area contributed by atoms with Crippen molar-refractivity contribution < 1.29 is 4.79 Å². The molecule has 25 heavy (non-hydrogen) atoms. The van der Waals surface area contributed by atoms with Gasteiger partial charge in [0.05, 0.1) is 28.1 Å². The Morgan fingerprint density at radius 1 is 1.28 bits per heavy atom. The number of aromatic nitrogens is 4. The summed E-state index contributed by atoms with van der Waals surface area (Å²) in [6.45, 7) is 5.87. The number of carbonyl (C=O) groups is 1. The third-order valence-corrected chi connectivity index (χ3v) is 6.42. The molecule has 2 atom stereocenters. The standard InChI is InChI=1S/C18H19N5OS/c1-9-6-16-19-8-13-14-5-4-12(7-15(13)23(16)21-9)22(14)18(24)17-10(2)20-11(3)25-17/h6,8,12,14H,4-5,7H2,1-3H3/t12-,14+/m1/s1. The van der Waals surface area contributed by atoms with E-state index >= 15 is 0 Å². The van der Waals surface area contributed by atoms with Crippen molar-refractivity contribution in [3.05, 3.63) is 44.8 Å². The van der Waals surface area contributed by atoms with Crippen LogP contribution < -0.4 is 0 Å². The Labute approximate surface area is 149 Å². The van der Waals surface area contributed by atoms with Gasteiger partial charge in [-0.15, -0.1) is 11.3 Å². The van der Waals surface area contributed by atoms with Crippen LogP contribution in [-0.4, -0.2) is 36.4 Å². The molecule has 1 amide bonds. The maximum atomic E-state index is 13.2. The van der Waals surface area contributed by atoms with Gasteiger partial charge in [0.1, 0.15) is 4.88 Å². The summed E-state index contributed by atoms with van der Waals surface area (Å²) in [7, 11) is 0. The van der Waals surface area contributed by atoms with Gasteiger partial charge in [-0.25, -0.2) is 14.5 Å². The number of fused-ring (bicyclic) bond motifs is 6. The second kappa shape index (κ2) is 5.11. The quantitative estimate of drug-likeness (QED) is 0.675. The highest BCUT2D eigenvalue weighted by atomic mass is 32.1. The number of aryl methyl sites for hydroxylation is 3. The van der Waals surface area contributed by atoms with Crippen LogP contribution in [0.3, 0.4) is 0 Å². The number of carbonyl (C=O) groups excluding carboxylic acids is 1. The van der Waals surface area contributed by atoms with Crippen molar-refractivity contribution in [2.45, 2.75) is 52.1 Å². The number of hydrogen-bond donors (Lipinski definition) is 0. The van der Waals surface area contributed by atoms with Gasteiger partial charge in [0, 0.05) is 30.3 Å². The number of amides is 1. The van der Waals surface area contributed by atoms with Crippen LogP contribution in [0.25, 0.3) is 5.65 Å². The first-order chi connectivity index (χ1) is 12.0. The Balaban J connectivity index is 1.60. The molecule has 0 N–H and O–H groups in total. The lowest BCUT2D eigenvalue weighted by Crippen LogP contribution is -2.42. The van der Waals surface area contributed by atoms with Crippen molar-refractivity contribution >= 4 is 22.9 Å². The van der Waals surface area contributed by atoms with E-state index in [-0.39, 0.29) is 18.0 Å². The zero-order valence-electron chi connectivity index (χ0n) is 14.5.